The molecule has 0 atom stereocenters. The summed E-state index contributed by atoms with van der Waals surface area (Å²) in [5.41, 5.74) is 0.988. The van der Waals surface area contributed by atoms with Crippen LogP contribution in [0.15, 0.2) is 77.7 Å². The van der Waals surface area contributed by atoms with E-state index in [1.165, 1.54) is 19.2 Å². The molecule has 0 aromatic heterocycles. The quantitative estimate of drug-likeness (QED) is 0.364. The Hall–Kier alpha value is -3.69. The Balaban J connectivity index is 1.46. The van der Waals surface area contributed by atoms with Crippen molar-refractivity contribution in [1.82, 2.24) is 4.90 Å². The van der Waals surface area contributed by atoms with Crippen molar-refractivity contribution in [3.8, 4) is 0 Å². The van der Waals surface area contributed by atoms with Gasteiger partial charge >= 0.3 is 5.97 Å². The second-order valence-electron chi connectivity index (χ2n) is 7.40. The lowest BCUT2D eigenvalue weighted by molar-refractivity contribution is 0.0420. The maximum atomic E-state index is 13.1. The zero-order valence-corrected chi connectivity index (χ0v) is 19.5. The van der Waals surface area contributed by atoms with E-state index in [1.807, 2.05) is 0 Å². The molecule has 34 heavy (non-hydrogen) atoms. The maximum Gasteiger partial charge on any atom is 0.338 e. The number of anilines is 1. The number of carbonyl (C=O) groups is 3. The Morgan fingerprint density at radius 3 is 2.15 bits per heavy atom. The third-order valence-electron chi connectivity index (χ3n) is 5.35. The fourth-order valence-corrected chi connectivity index (χ4v) is 5.20. The number of esters is 1. The second kappa shape index (κ2) is 9.28. The Kier molecular flexibility index (Phi) is 6.41. The number of halogens is 1. The Morgan fingerprint density at radius 2 is 1.53 bits per heavy atom. The minimum absolute atomic E-state index is 0.0354. The Morgan fingerprint density at radius 1 is 0.941 bits per heavy atom. The number of benzene rings is 3. The molecule has 3 aromatic carbocycles. The second-order valence-corrected chi connectivity index (χ2v) is 9.74. The number of imide groups is 1. The van der Waals surface area contributed by atoms with Gasteiger partial charge < -0.3 is 4.74 Å². The number of amides is 2. The molecule has 0 spiro atoms. The van der Waals surface area contributed by atoms with E-state index in [4.69, 9.17) is 16.3 Å². The SMILES string of the molecule is CN(c1ccccc1)S(=O)(=O)c1cc(C(=O)OCCN2C(=O)c3ccccc3C2=O)ccc1Cl. The first-order valence-electron chi connectivity index (χ1n) is 10.2. The average molecular weight is 499 g/mol. The van der Waals surface area contributed by atoms with Gasteiger partial charge in [-0.3, -0.25) is 18.8 Å². The molecular weight excluding hydrogens is 480 g/mol. The van der Waals surface area contributed by atoms with Crippen molar-refractivity contribution < 1.29 is 27.5 Å². The molecule has 0 saturated heterocycles. The highest BCUT2D eigenvalue weighted by Crippen LogP contribution is 2.28. The summed E-state index contributed by atoms with van der Waals surface area (Å²) in [4.78, 5) is 38.1. The van der Waals surface area contributed by atoms with Crippen molar-refractivity contribution in [3.63, 3.8) is 0 Å². The first kappa shape index (κ1) is 23.5. The lowest BCUT2D eigenvalue weighted by atomic mass is 10.1. The van der Waals surface area contributed by atoms with Crippen molar-refractivity contribution in [3.05, 3.63) is 94.5 Å². The van der Waals surface area contributed by atoms with E-state index >= 15 is 0 Å². The number of nitrogens with zero attached hydrogens (tertiary/aromatic N) is 2. The van der Waals surface area contributed by atoms with E-state index in [9.17, 15) is 22.8 Å². The number of fused-ring (bicyclic) bond motifs is 1. The van der Waals surface area contributed by atoms with Gasteiger partial charge in [0.1, 0.15) is 11.5 Å². The van der Waals surface area contributed by atoms with Crippen LogP contribution in [0.4, 0.5) is 5.69 Å². The lowest BCUT2D eigenvalue weighted by Crippen LogP contribution is -2.33. The monoisotopic (exact) mass is 498 g/mol. The minimum Gasteiger partial charge on any atom is -0.460 e. The van der Waals surface area contributed by atoms with Crippen LogP contribution in [0.3, 0.4) is 0 Å². The number of ether oxygens (including phenoxy) is 1. The Labute approximate surface area is 201 Å². The van der Waals surface area contributed by atoms with Gasteiger partial charge in [-0.15, -0.1) is 0 Å². The van der Waals surface area contributed by atoms with E-state index < -0.39 is 27.8 Å². The van der Waals surface area contributed by atoms with Crippen LogP contribution in [0.5, 0.6) is 0 Å². The average Bonchev–Trinajstić information content (AvgIpc) is 3.09. The van der Waals surface area contributed by atoms with Gasteiger partial charge in [-0.25, -0.2) is 13.2 Å². The highest BCUT2D eigenvalue weighted by molar-refractivity contribution is 7.93. The van der Waals surface area contributed by atoms with Crippen molar-refractivity contribution in [2.24, 2.45) is 0 Å². The molecule has 1 aliphatic heterocycles. The molecule has 3 aromatic rings. The van der Waals surface area contributed by atoms with Gasteiger partial charge in [-0.1, -0.05) is 41.9 Å². The van der Waals surface area contributed by atoms with Crippen LogP contribution in [0, 0.1) is 0 Å². The van der Waals surface area contributed by atoms with Crippen LogP contribution >= 0.6 is 11.6 Å². The third-order valence-corrected chi connectivity index (χ3v) is 7.62. The summed E-state index contributed by atoms with van der Waals surface area (Å²) in [5, 5.41) is -0.0506. The van der Waals surface area contributed by atoms with Gasteiger partial charge in [-0.2, -0.15) is 0 Å². The number of hydrogen-bond acceptors (Lipinski definition) is 6. The van der Waals surface area contributed by atoms with Crippen LogP contribution in [0.25, 0.3) is 0 Å². The molecule has 10 heteroatoms. The van der Waals surface area contributed by atoms with E-state index in [2.05, 4.69) is 0 Å². The van der Waals surface area contributed by atoms with Crippen LogP contribution in [-0.2, 0) is 14.8 Å². The van der Waals surface area contributed by atoms with Crippen LogP contribution in [-0.4, -0.2) is 51.3 Å². The number of hydrogen-bond donors (Lipinski definition) is 0. The predicted molar refractivity (Wildman–Crippen MR) is 126 cm³/mol. The van der Waals surface area contributed by atoms with Gasteiger partial charge in [0.25, 0.3) is 21.8 Å². The summed E-state index contributed by atoms with van der Waals surface area (Å²) in [6, 6.07) is 18.6. The van der Waals surface area contributed by atoms with Crippen molar-refractivity contribution >= 4 is 45.1 Å². The molecule has 0 aliphatic carbocycles. The van der Waals surface area contributed by atoms with E-state index in [1.54, 1.807) is 54.6 Å². The fraction of sp³-hybridized carbons (Fsp3) is 0.125. The van der Waals surface area contributed by atoms with Crippen LogP contribution in [0.1, 0.15) is 31.1 Å². The third kappa shape index (κ3) is 4.27. The number of carbonyl (C=O) groups excluding carboxylic acids is 3. The van der Waals surface area contributed by atoms with Gasteiger partial charge in [0.2, 0.25) is 0 Å². The number of sulfonamides is 1. The molecule has 0 unspecified atom stereocenters. The summed E-state index contributed by atoms with van der Waals surface area (Å²) in [6.45, 7) is -0.382. The molecule has 1 heterocycles. The topological polar surface area (TPSA) is 101 Å². The van der Waals surface area contributed by atoms with Gasteiger partial charge in [0.15, 0.2) is 0 Å². The molecule has 0 N–H and O–H groups in total. The first-order valence-corrected chi connectivity index (χ1v) is 12.0. The van der Waals surface area contributed by atoms with E-state index in [0.29, 0.717) is 16.8 Å². The van der Waals surface area contributed by atoms with Gasteiger partial charge in [0, 0.05) is 7.05 Å². The molecule has 0 radical (unpaired) electrons. The highest BCUT2D eigenvalue weighted by atomic mass is 35.5. The smallest absolute Gasteiger partial charge is 0.338 e. The molecule has 174 valence electrons. The molecule has 0 bridgehead atoms. The summed E-state index contributed by atoms with van der Waals surface area (Å²) >= 11 is 6.14. The summed E-state index contributed by atoms with van der Waals surface area (Å²) in [6.07, 6.45) is 0. The lowest BCUT2D eigenvalue weighted by Gasteiger charge is -2.20. The molecule has 2 amide bonds. The zero-order valence-electron chi connectivity index (χ0n) is 18.0. The van der Waals surface area contributed by atoms with Gasteiger partial charge in [0.05, 0.1) is 33.9 Å². The normalized spacial score (nSPS) is 13.1. The molecule has 1 aliphatic rings. The van der Waals surface area contributed by atoms with Crippen molar-refractivity contribution in [1.29, 1.82) is 0 Å². The highest BCUT2D eigenvalue weighted by Gasteiger charge is 2.35. The standard InChI is InChI=1S/C24H19ClN2O6S/c1-26(17-7-3-2-4-8-17)34(31,32)21-15-16(11-12-20(21)25)24(30)33-14-13-27-22(28)18-9-5-6-10-19(18)23(27)29/h2-12,15H,13-14H2,1H3. The van der Waals surface area contributed by atoms with Crippen molar-refractivity contribution in [2.45, 2.75) is 4.90 Å². The molecule has 0 saturated carbocycles. The predicted octanol–water partition coefficient (Wildman–Crippen LogP) is 3.62. The molecule has 0 fully saturated rings. The summed E-state index contributed by atoms with van der Waals surface area (Å²) < 4.78 is 32.5. The van der Waals surface area contributed by atoms with Crippen molar-refractivity contribution in [2.75, 3.05) is 24.5 Å². The van der Waals surface area contributed by atoms with Crippen LogP contribution in [0.2, 0.25) is 5.02 Å². The van der Waals surface area contributed by atoms with E-state index in [-0.39, 0.29) is 28.6 Å². The molecule has 4 rings (SSSR count). The minimum atomic E-state index is -4.06. The zero-order chi connectivity index (χ0) is 24.5. The number of rotatable bonds is 7. The van der Waals surface area contributed by atoms with Gasteiger partial charge in [-0.05, 0) is 42.5 Å². The van der Waals surface area contributed by atoms with Crippen LogP contribution < -0.4 is 4.31 Å². The fourth-order valence-electron chi connectivity index (χ4n) is 3.51. The maximum absolute atomic E-state index is 13.1. The van der Waals surface area contributed by atoms with E-state index in [0.717, 1.165) is 15.3 Å². The largest absolute Gasteiger partial charge is 0.460 e. The molecular formula is C24H19ClN2O6S. The Bertz CT molecular complexity index is 1360. The molecule has 8 nitrogen and oxygen atoms in total. The summed E-state index contributed by atoms with van der Waals surface area (Å²) in [5.74, 6) is -1.73. The summed E-state index contributed by atoms with van der Waals surface area (Å²) in [7, 11) is -2.68. The first-order chi connectivity index (χ1) is 16.2. The number of para-hydroxylation sites is 1.